The van der Waals surface area contributed by atoms with Crippen molar-refractivity contribution in [2.24, 2.45) is 0 Å². The van der Waals surface area contributed by atoms with Gasteiger partial charge in [-0.3, -0.25) is 19.3 Å². The fourth-order valence-corrected chi connectivity index (χ4v) is 4.16. The average molecular weight is 532 g/mol. The Morgan fingerprint density at radius 1 is 1.15 bits per heavy atom. The van der Waals surface area contributed by atoms with Gasteiger partial charge in [-0.15, -0.1) is 0 Å². The van der Waals surface area contributed by atoms with Gasteiger partial charge in [-0.25, -0.2) is 4.39 Å². The number of nitrogens with zero attached hydrogens (tertiary/aromatic N) is 3. The number of carbonyl (C=O) groups is 2. The number of fused-ring (bicyclic) bond motifs is 1. The Bertz CT molecular complexity index is 1560. The number of anilines is 1. The molecule has 2 amide bonds. The van der Waals surface area contributed by atoms with E-state index >= 15 is 4.39 Å². The first-order valence-electron chi connectivity index (χ1n) is 12.7. The van der Waals surface area contributed by atoms with Crippen LogP contribution in [0.3, 0.4) is 0 Å². The molecule has 0 unspecified atom stereocenters. The molecule has 0 aliphatic carbocycles. The van der Waals surface area contributed by atoms with Gasteiger partial charge in [0.15, 0.2) is 0 Å². The smallest absolute Gasteiger partial charge is 0.251 e. The normalized spacial score (nSPS) is 13.7. The zero-order valence-corrected chi connectivity index (χ0v) is 22.2. The van der Waals surface area contributed by atoms with Crippen molar-refractivity contribution in [3.8, 4) is 11.5 Å². The van der Waals surface area contributed by atoms with Crippen molar-refractivity contribution in [2.75, 3.05) is 18.5 Å². The number of benzene rings is 2. The molecule has 1 aliphatic rings. The first-order chi connectivity index (χ1) is 18.6. The highest BCUT2D eigenvalue weighted by atomic mass is 19.1. The Morgan fingerprint density at radius 3 is 2.64 bits per heavy atom. The van der Waals surface area contributed by atoms with Crippen LogP contribution in [0.25, 0.3) is 10.9 Å². The molecule has 0 bridgehead atoms. The van der Waals surface area contributed by atoms with E-state index in [0.717, 1.165) is 0 Å². The number of carbonyl (C=O) groups excluding carboxylic acids is 2. The van der Waals surface area contributed by atoms with E-state index in [1.165, 1.54) is 0 Å². The predicted molar refractivity (Wildman–Crippen MR) is 145 cm³/mol. The van der Waals surface area contributed by atoms with Gasteiger partial charge in [0, 0.05) is 28.9 Å². The predicted octanol–water partition coefficient (Wildman–Crippen LogP) is 4.74. The highest BCUT2D eigenvalue weighted by molar-refractivity contribution is 5.99. The summed E-state index contributed by atoms with van der Waals surface area (Å²) < 4.78 is 28.3. The SMILES string of the molecule is Cc1c(Oc2ccnc3ccc(C(=O)NC4COC4)cc23)ccc(CC(=O)Nc2cnn(C(C)(C)C)c2)c1F. The highest BCUT2D eigenvalue weighted by Gasteiger charge is 2.22. The van der Waals surface area contributed by atoms with E-state index in [1.807, 2.05) is 20.8 Å². The molecule has 1 saturated heterocycles. The molecular formula is C29H30FN5O4. The minimum Gasteiger partial charge on any atom is -0.456 e. The minimum absolute atomic E-state index is 0.00485. The standard InChI is InChI=1S/C29H30FN5O4/c1-17-24(8-6-18(27(17)30)12-26(36)33-20-13-32-35(14-20)29(2,3)4)39-25-9-10-31-23-7-5-19(11-22(23)25)28(37)34-21-15-38-16-21/h5-11,13-14,21H,12,15-16H2,1-4H3,(H,33,36)(H,34,37). The maximum Gasteiger partial charge on any atom is 0.251 e. The Balaban J connectivity index is 1.32. The summed E-state index contributed by atoms with van der Waals surface area (Å²) in [4.78, 5) is 29.6. The van der Waals surface area contributed by atoms with Gasteiger partial charge in [0.1, 0.15) is 17.3 Å². The second-order valence-corrected chi connectivity index (χ2v) is 10.6. The van der Waals surface area contributed by atoms with Crippen LogP contribution in [0.4, 0.5) is 10.1 Å². The molecule has 3 heterocycles. The van der Waals surface area contributed by atoms with Crippen LogP contribution in [0.1, 0.15) is 42.3 Å². The Morgan fingerprint density at radius 2 is 1.95 bits per heavy atom. The van der Waals surface area contributed by atoms with Crippen LogP contribution in [-0.4, -0.2) is 45.8 Å². The Labute approximate surface area is 225 Å². The zero-order chi connectivity index (χ0) is 27.7. The number of amides is 2. The summed E-state index contributed by atoms with van der Waals surface area (Å²) in [5.74, 6) is -0.345. The molecule has 39 heavy (non-hydrogen) atoms. The van der Waals surface area contributed by atoms with Crippen molar-refractivity contribution >= 4 is 28.4 Å². The molecule has 202 valence electrons. The van der Waals surface area contributed by atoms with Gasteiger partial charge in [-0.05, 0) is 63.6 Å². The number of hydrogen-bond donors (Lipinski definition) is 2. The summed E-state index contributed by atoms with van der Waals surface area (Å²) in [6.07, 6.45) is 4.76. The molecule has 0 atom stereocenters. The molecular weight excluding hydrogens is 501 g/mol. The van der Waals surface area contributed by atoms with Crippen molar-refractivity contribution in [1.82, 2.24) is 20.1 Å². The number of hydrogen-bond acceptors (Lipinski definition) is 6. The second-order valence-electron chi connectivity index (χ2n) is 10.6. The van der Waals surface area contributed by atoms with E-state index in [-0.39, 0.29) is 40.9 Å². The largest absolute Gasteiger partial charge is 0.456 e. The summed E-state index contributed by atoms with van der Waals surface area (Å²) in [5.41, 5.74) is 1.94. The molecule has 4 aromatic rings. The molecule has 9 nitrogen and oxygen atoms in total. The van der Waals surface area contributed by atoms with Crippen molar-refractivity contribution < 1.29 is 23.5 Å². The van der Waals surface area contributed by atoms with Crippen LogP contribution in [0, 0.1) is 12.7 Å². The molecule has 2 aromatic carbocycles. The van der Waals surface area contributed by atoms with Crippen LogP contribution >= 0.6 is 0 Å². The third-order valence-corrected chi connectivity index (χ3v) is 6.48. The van der Waals surface area contributed by atoms with Crippen molar-refractivity contribution in [1.29, 1.82) is 0 Å². The third-order valence-electron chi connectivity index (χ3n) is 6.48. The summed E-state index contributed by atoms with van der Waals surface area (Å²) in [6.45, 7) is 8.61. The fraction of sp³-hybridized carbons (Fsp3) is 0.310. The number of pyridine rings is 1. The molecule has 1 aliphatic heterocycles. The summed E-state index contributed by atoms with van der Waals surface area (Å²) in [5, 5.41) is 10.6. The van der Waals surface area contributed by atoms with Crippen LogP contribution in [0.15, 0.2) is 55.0 Å². The van der Waals surface area contributed by atoms with Gasteiger partial charge >= 0.3 is 0 Å². The van der Waals surface area contributed by atoms with Crippen LogP contribution < -0.4 is 15.4 Å². The molecule has 2 aromatic heterocycles. The van der Waals surface area contributed by atoms with E-state index in [9.17, 15) is 9.59 Å². The molecule has 2 N–H and O–H groups in total. The molecule has 0 spiro atoms. The average Bonchev–Trinajstić information content (AvgIpc) is 3.35. The lowest BCUT2D eigenvalue weighted by molar-refractivity contribution is -0.115. The van der Waals surface area contributed by atoms with E-state index in [2.05, 4.69) is 20.7 Å². The van der Waals surface area contributed by atoms with Gasteiger partial charge in [-0.1, -0.05) is 6.07 Å². The molecule has 5 rings (SSSR count). The first-order valence-corrected chi connectivity index (χ1v) is 12.7. The topological polar surface area (TPSA) is 107 Å². The molecule has 10 heteroatoms. The first kappa shape index (κ1) is 26.3. The summed E-state index contributed by atoms with van der Waals surface area (Å²) >= 11 is 0. The van der Waals surface area contributed by atoms with Gasteiger partial charge in [-0.2, -0.15) is 5.10 Å². The number of aromatic nitrogens is 3. The lowest BCUT2D eigenvalue weighted by atomic mass is 10.1. The fourth-order valence-electron chi connectivity index (χ4n) is 4.16. The van der Waals surface area contributed by atoms with E-state index < -0.39 is 5.82 Å². The van der Waals surface area contributed by atoms with Crippen molar-refractivity contribution in [2.45, 2.75) is 45.7 Å². The summed E-state index contributed by atoms with van der Waals surface area (Å²) in [6, 6.07) is 10.0. The van der Waals surface area contributed by atoms with E-state index in [4.69, 9.17) is 9.47 Å². The van der Waals surface area contributed by atoms with E-state index in [1.54, 1.807) is 66.6 Å². The van der Waals surface area contributed by atoms with Gasteiger partial charge < -0.3 is 20.1 Å². The lowest BCUT2D eigenvalue weighted by Gasteiger charge is -2.26. The highest BCUT2D eigenvalue weighted by Crippen LogP contribution is 2.33. The quantitative estimate of drug-likeness (QED) is 0.357. The number of halogens is 1. The van der Waals surface area contributed by atoms with E-state index in [0.29, 0.717) is 46.9 Å². The Kier molecular flexibility index (Phi) is 7.05. The molecule has 0 saturated carbocycles. The molecule has 0 radical (unpaired) electrons. The maximum atomic E-state index is 15.3. The molecule has 1 fully saturated rings. The minimum atomic E-state index is -0.519. The second kappa shape index (κ2) is 10.5. The maximum absolute atomic E-state index is 15.3. The van der Waals surface area contributed by atoms with Gasteiger partial charge in [0.2, 0.25) is 5.91 Å². The monoisotopic (exact) mass is 531 g/mol. The number of nitrogens with one attached hydrogen (secondary N) is 2. The zero-order valence-electron chi connectivity index (χ0n) is 22.2. The van der Waals surface area contributed by atoms with Gasteiger partial charge in [0.05, 0.1) is 48.6 Å². The lowest BCUT2D eigenvalue weighted by Crippen LogP contribution is -2.48. The summed E-state index contributed by atoms with van der Waals surface area (Å²) in [7, 11) is 0. The van der Waals surface area contributed by atoms with Crippen LogP contribution in [0.2, 0.25) is 0 Å². The Hall–Kier alpha value is -4.31. The van der Waals surface area contributed by atoms with Crippen LogP contribution in [-0.2, 0) is 21.5 Å². The number of rotatable bonds is 7. The van der Waals surface area contributed by atoms with Crippen molar-refractivity contribution in [3.05, 3.63) is 77.5 Å². The van der Waals surface area contributed by atoms with Crippen LogP contribution in [0.5, 0.6) is 11.5 Å². The van der Waals surface area contributed by atoms with Gasteiger partial charge in [0.25, 0.3) is 5.91 Å². The third kappa shape index (κ3) is 5.75. The number of ether oxygens (including phenoxy) is 2. The van der Waals surface area contributed by atoms with Crippen molar-refractivity contribution in [3.63, 3.8) is 0 Å².